The van der Waals surface area contributed by atoms with Gasteiger partial charge in [0.25, 0.3) is 0 Å². The van der Waals surface area contributed by atoms with Crippen LogP contribution < -0.4 is 19.5 Å². The van der Waals surface area contributed by atoms with Gasteiger partial charge in [-0.05, 0) is 65.1 Å². The molecule has 0 aliphatic rings. The van der Waals surface area contributed by atoms with Crippen LogP contribution in [0.2, 0.25) is 0 Å². The van der Waals surface area contributed by atoms with Gasteiger partial charge in [-0.15, -0.1) is 0 Å². The Hall–Kier alpha value is -4.85. The topological polar surface area (TPSA) is 77.1 Å². The fourth-order valence-electron chi connectivity index (χ4n) is 4.85. The number of methoxy groups -OCH3 is 3. The minimum absolute atomic E-state index is 0.0337. The SMILES string of the molecule is COc1ccc(CCNC(=O)C(Cc2ccccc2)N(Cc2ccc(F)cc2)C(=O)Cc2ccc(OC)c(OC)c2)cc1. The molecule has 1 atom stereocenters. The third-order valence-corrected chi connectivity index (χ3v) is 7.21. The summed E-state index contributed by atoms with van der Waals surface area (Å²) in [4.78, 5) is 29.4. The Bertz CT molecular complexity index is 1480. The van der Waals surface area contributed by atoms with Crippen LogP contribution in [0.5, 0.6) is 17.2 Å². The van der Waals surface area contributed by atoms with Gasteiger partial charge in [-0.1, -0.05) is 60.7 Å². The number of hydrogen-bond donors (Lipinski definition) is 1. The monoisotopic (exact) mass is 584 g/mol. The van der Waals surface area contributed by atoms with Gasteiger partial charge in [-0.3, -0.25) is 9.59 Å². The summed E-state index contributed by atoms with van der Waals surface area (Å²) in [5.41, 5.74) is 3.39. The second-order valence-corrected chi connectivity index (χ2v) is 10.1. The molecular formula is C35H37FN2O5. The summed E-state index contributed by atoms with van der Waals surface area (Å²) >= 11 is 0. The van der Waals surface area contributed by atoms with Crippen molar-refractivity contribution in [3.8, 4) is 17.2 Å². The molecule has 0 aromatic heterocycles. The number of benzene rings is 4. The number of hydrogen-bond acceptors (Lipinski definition) is 5. The second-order valence-electron chi connectivity index (χ2n) is 10.1. The van der Waals surface area contributed by atoms with Crippen molar-refractivity contribution in [2.45, 2.75) is 31.8 Å². The van der Waals surface area contributed by atoms with E-state index >= 15 is 0 Å². The van der Waals surface area contributed by atoms with E-state index in [2.05, 4.69) is 5.32 Å². The van der Waals surface area contributed by atoms with E-state index in [4.69, 9.17) is 14.2 Å². The molecule has 0 spiro atoms. The Morgan fingerprint density at radius 3 is 2.05 bits per heavy atom. The van der Waals surface area contributed by atoms with E-state index < -0.39 is 6.04 Å². The molecule has 1 N–H and O–H groups in total. The van der Waals surface area contributed by atoms with E-state index in [0.29, 0.717) is 42.0 Å². The maximum atomic E-state index is 14.0. The van der Waals surface area contributed by atoms with E-state index in [-0.39, 0.29) is 30.6 Å². The molecule has 7 nitrogen and oxygen atoms in total. The van der Waals surface area contributed by atoms with Crippen molar-refractivity contribution in [2.24, 2.45) is 0 Å². The average Bonchev–Trinajstić information content (AvgIpc) is 3.04. The molecule has 0 bridgehead atoms. The summed E-state index contributed by atoms with van der Waals surface area (Å²) in [5, 5.41) is 3.05. The van der Waals surface area contributed by atoms with Crippen molar-refractivity contribution in [3.05, 3.63) is 125 Å². The maximum absolute atomic E-state index is 14.0. The van der Waals surface area contributed by atoms with Crippen LogP contribution >= 0.6 is 0 Å². The smallest absolute Gasteiger partial charge is 0.243 e. The lowest BCUT2D eigenvalue weighted by atomic mass is 10.0. The zero-order valence-corrected chi connectivity index (χ0v) is 24.7. The molecule has 0 saturated heterocycles. The standard InChI is InChI=1S/C35H37FN2O5/c1-41-30-16-11-25(12-17-30)19-20-37-35(40)31(21-26-7-5-4-6-8-26)38(24-27-9-14-29(36)15-10-27)34(39)23-28-13-18-32(42-2)33(22-28)43-3/h4-18,22,31H,19-21,23-24H2,1-3H3,(H,37,40). The number of ether oxygens (including phenoxy) is 3. The van der Waals surface area contributed by atoms with Crippen LogP contribution in [-0.4, -0.2) is 50.6 Å². The van der Waals surface area contributed by atoms with Crippen LogP contribution in [0.4, 0.5) is 4.39 Å². The first-order valence-electron chi connectivity index (χ1n) is 14.1. The Labute approximate surface area is 252 Å². The molecule has 224 valence electrons. The van der Waals surface area contributed by atoms with Crippen molar-refractivity contribution in [3.63, 3.8) is 0 Å². The van der Waals surface area contributed by atoms with Crippen molar-refractivity contribution in [2.75, 3.05) is 27.9 Å². The van der Waals surface area contributed by atoms with Gasteiger partial charge in [0.2, 0.25) is 11.8 Å². The fourth-order valence-corrected chi connectivity index (χ4v) is 4.85. The molecule has 4 aromatic rings. The van der Waals surface area contributed by atoms with Gasteiger partial charge in [-0.2, -0.15) is 0 Å². The van der Waals surface area contributed by atoms with Crippen LogP contribution in [0.3, 0.4) is 0 Å². The molecule has 4 rings (SSSR count). The number of nitrogens with one attached hydrogen (secondary N) is 1. The lowest BCUT2D eigenvalue weighted by Crippen LogP contribution is -2.51. The highest BCUT2D eigenvalue weighted by Gasteiger charge is 2.30. The van der Waals surface area contributed by atoms with Gasteiger partial charge in [0, 0.05) is 19.5 Å². The molecule has 43 heavy (non-hydrogen) atoms. The Morgan fingerprint density at radius 2 is 1.40 bits per heavy atom. The minimum Gasteiger partial charge on any atom is -0.497 e. The highest BCUT2D eigenvalue weighted by atomic mass is 19.1. The summed E-state index contributed by atoms with van der Waals surface area (Å²) in [5.74, 6) is 0.946. The lowest BCUT2D eigenvalue weighted by Gasteiger charge is -2.32. The minimum atomic E-state index is -0.809. The van der Waals surface area contributed by atoms with Gasteiger partial charge < -0.3 is 24.4 Å². The molecule has 0 radical (unpaired) electrons. The van der Waals surface area contributed by atoms with E-state index in [9.17, 15) is 14.0 Å². The molecular weight excluding hydrogens is 547 g/mol. The number of rotatable bonds is 14. The molecule has 0 fully saturated rings. The predicted octanol–water partition coefficient (Wildman–Crippen LogP) is 5.39. The Balaban J connectivity index is 1.61. The number of amides is 2. The van der Waals surface area contributed by atoms with Crippen molar-refractivity contribution in [1.82, 2.24) is 10.2 Å². The van der Waals surface area contributed by atoms with E-state index in [1.54, 1.807) is 49.5 Å². The Morgan fingerprint density at radius 1 is 0.744 bits per heavy atom. The maximum Gasteiger partial charge on any atom is 0.243 e. The number of nitrogens with zero attached hydrogens (tertiary/aromatic N) is 1. The van der Waals surface area contributed by atoms with Crippen LogP contribution in [0.25, 0.3) is 0 Å². The summed E-state index contributed by atoms with van der Waals surface area (Å²) in [6.45, 7) is 0.528. The molecule has 1 unspecified atom stereocenters. The molecule has 0 aliphatic carbocycles. The Kier molecular flexibility index (Phi) is 11.1. The molecule has 4 aromatic carbocycles. The van der Waals surface area contributed by atoms with Crippen molar-refractivity contribution in [1.29, 1.82) is 0 Å². The van der Waals surface area contributed by atoms with Crippen LogP contribution in [0.15, 0.2) is 97.1 Å². The highest BCUT2D eigenvalue weighted by molar-refractivity contribution is 5.89. The quantitative estimate of drug-likeness (QED) is 0.215. The predicted molar refractivity (Wildman–Crippen MR) is 164 cm³/mol. The third kappa shape index (κ3) is 8.82. The first kappa shape index (κ1) is 31.1. The van der Waals surface area contributed by atoms with Crippen molar-refractivity contribution < 1.29 is 28.2 Å². The van der Waals surface area contributed by atoms with E-state index in [0.717, 1.165) is 16.9 Å². The zero-order chi connectivity index (χ0) is 30.6. The van der Waals surface area contributed by atoms with Crippen LogP contribution in [0, 0.1) is 5.82 Å². The lowest BCUT2D eigenvalue weighted by molar-refractivity contribution is -0.140. The van der Waals surface area contributed by atoms with Crippen LogP contribution in [0.1, 0.15) is 22.3 Å². The molecule has 2 amide bonds. The van der Waals surface area contributed by atoms with Gasteiger partial charge in [-0.25, -0.2) is 4.39 Å². The number of carbonyl (C=O) groups excluding carboxylic acids is 2. The highest BCUT2D eigenvalue weighted by Crippen LogP contribution is 2.28. The fraction of sp³-hybridized carbons (Fsp3) is 0.257. The number of carbonyl (C=O) groups is 2. The zero-order valence-electron chi connectivity index (χ0n) is 24.7. The molecule has 0 saturated carbocycles. The summed E-state index contributed by atoms with van der Waals surface area (Å²) in [6.07, 6.45) is 0.964. The normalized spacial score (nSPS) is 11.3. The summed E-state index contributed by atoms with van der Waals surface area (Å²) < 4.78 is 29.7. The first-order chi connectivity index (χ1) is 20.9. The third-order valence-electron chi connectivity index (χ3n) is 7.21. The largest absolute Gasteiger partial charge is 0.497 e. The molecule has 0 heterocycles. The van der Waals surface area contributed by atoms with Gasteiger partial charge in [0.05, 0.1) is 27.8 Å². The summed E-state index contributed by atoms with van der Waals surface area (Å²) in [7, 11) is 4.71. The van der Waals surface area contributed by atoms with Crippen molar-refractivity contribution >= 4 is 11.8 Å². The van der Waals surface area contributed by atoms with Gasteiger partial charge in [0.1, 0.15) is 17.6 Å². The summed E-state index contributed by atoms with van der Waals surface area (Å²) in [6, 6.07) is 27.7. The van der Waals surface area contributed by atoms with Gasteiger partial charge >= 0.3 is 0 Å². The van der Waals surface area contributed by atoms with E-state index in [1.807, 2.05) is 54.6 Å². The first-order valence-corrected chi connectivity index (χ1v) is 14.1. The van der Waals surface area contributed by atoms with E-state index in [1.165, 1.54) is 19.2 Å². The number of halogens is 1. The average molecular weight is 585 g/mol. The second kappa shape index (κ2) is 15.4. The molecule has 0 aliphatic heterocycles. The van der Waals surface area contributed by atoms with Crippen LogP contribution in [-0.2, 0) is 35.4 Å². The molecule has 8 heteroatoms. The van der Waals surface area contributed by atoms with Gasteiger partial charge in [0.15, 0.2) is 11.5 Å².